The lowest BCUT2D eigenvalue weighted by atomic mass is 9.94. The number of amides is 1. The number of H-pyrrole nitrogens is 1. The first-order chi connectivity index (χ1) is 14.1. The summed E-state index contributed by atoms with van der Waals surface area (Å²) < 4.78 is 5.31. The standard InChI is InChI=1S/C19H27N7O4/c1-11-7-15(23-14-5-6-20-25-14)24-17(21-11)26-9-12(16(27)28)8-13(10-26)22-18(29)30-19(2,3)4/h5-7,12-13H,8-10H2,1-4H3,(H,22,29)(H,27,28)(H2,20,21,23,24,25)/t12-,13+/m0/s1. The van der Waals surface area contributed by atoms with Crippen molar-refractivity contribution in [1.29, 1.82) is 0 Å². The molecule has 0 aliphatic carbocycles. The Morgan fingerprint density at radius 2 is 2.07 bits per heavy atom. The third-order valence-electron chi connectivity index (χ3n) is 4.41. The Kier molecular flexibility index (Phi) is 6.09. The van der Waals surface area contributed by atoms with E-state index in [9.17, 15) is 14.7 Å². The topological polar surface area (TPSA) is 145 Å². The van der Waals surface area contributed by atoms with Crippen LogP contribution in [0.15, 0.2) is 18.3 Å². The van der Waals surface area contributed by atoms with Gasteiger partial charge in [0, 0.05) is 30.9 Å². The lowest BCUT2D eigenvalue weighted by Gasteiger charge is -2.36. The highest BCUT2D eigenvalue weighted by atomic mass is 16.6. The van der Waals surface area contributed by atoms with Crippen LogP contribution in [0.25, 0.3) is 0 Å². The number of anilines is 3. The number of piperidine rings is 1. The number of nitrogens with one attached hydrogen (secondary N) is 3. The van der Waals surface area contributed by atoms with E-state index >= 15 is 0 Å². The monoisotopic (exact) mass is 417 g/mol. The molecule has 3 heterocycles. The highest BCUT2D eigenvalue weighted by Gasteiger charge is 2.34. The van der Waals surface area contributed by atoms with Gasteiger partial charge in [-0.25, -0.2) is 9.78 Å². The second kappa shape index (κ2) is 8.56. The molecule has 0 bridgehead atoms. The van der Waals surface area contributed by atoms with Crippen LogP contribution in [0.1, 0.15) is 32.9 Å². The quantitative estimate of drug-likeness (QED) is 0.574. The lowest BCUT2D eigenvalue weighted by molar-refractivity contribution is -0.142. The summed E-state index contributed by atoms with van der Waals surface area (Å²) in [6.07, 6.45) is 1.34. The molecule has 2 aromatic heterocycles. The molecule has 11 nitrogen and oxygen atoms in total. The van der Waals surface area contributed by atoms with Crippen molar-refractivity contribution >= 4 is 29.6 Å². The third-order valence-corrected chi connectivity index (χ3v) is 4.41. The van der Waals surface area contributed by atoms with Crippen molar-refractivity contribution in [3.63, 3.8) is 0 Å². The van der Waals surface area contributed by atoms with E-state index in [4.69, 9.17) is 4.74 Å². The fraction of sp³-hybridized carbons (Fsp3) is 0.526. The van der Waals surface area contributed by atoms with Gasteiger partial charge >= 0.3 is 12.1 Å². The molecule has 30 heavy (non-hydrogen) atoms. The average Bonchev–Trinajstić information content (AvgIpc) is 3.12. The van der Waals surface area contributed by atoms with Crippen LogP contribution >= 0.6 is 0 Å². The molecule has 1 aliphatic rings. The van der Waals surface area contributed by atoms with Gasteiger partial charge in [0.15, 0.2) is 0 Å². The zero-order chi connectivity index (χ0) is 21.9. The molecule has 11 heteroatoms. The zero-order valence-electron chi connectivity index (χ0n) is 17.5. The van der Waals surface area contributed by atoms with Crippen LogP contribution in [0.2, 0.25) is 0 Å². The number of aromatic amines is 1. The minimum Gasteiger partial charge on any atom is -0.481 e. The molecule has 0 saturated carbocycles. The summed E-state index contributed by atoms with van der Waals surface area (Å²) in [5.41, 5.74) is 0.0773. The minimum atomic E-state index is -0.931. The smallest absolute Gasteiger partial charge is 0.407 e. The summed E-state index contributed by atoms with van der Waals surface area (Å²) in [5, 5.41) is 22.2. The first-order valence-corrected chi connectivity index (χ1v) is 9.68. The number of aromatic nitrogens is 4. The molecular formula is C19H27N7O4. The number of carboxylic acid groups (broad SMARTS) is 1. The van der Waals surface area contributed by atoms with E-state index in [0.717, 1.165) is 5.69 Å². The second-order valence-corrected chi connectivity index (χ2v) is 8.31. The maximum absolute atomic E-state index is 12.2. The molecule has 1 amide bonds. The van der Waals surface area contributed by atoms with E-state index in [1.807, 2.05) is 6.92 Å². The molecule has 2 aromatic rings. The predicted octanol–water partition coefficient (Wildman–Crippen LogP) is 2.06. The maximum Gasteiger partial charge on any atom is 0.407 e. The molecule has 0 unspecified atom stereocenters. The average molecular weight is 417 g/mol. The number of carboxylic acids is 1. The summed E-state index contributed by atoms with van der Waals surface area (Å²) in [5.74, 6) is 0.00588. The normalized spacial score (nSPS) is 19.3. The van der Waals surface area contributed by atoms with E-state index in [-0.39, 0.29) is 6.54 Å². The fourth-order valence-electron chi connectivity index (χ4n) is 3.24. The Labute approximate surface area is 174 Å². The summed E-state index contributed by atoms with van der Waals surface area (Å²) >= 11 is 0. The van der Waals surface area contributed by atoms with Gasteiger partial charge in [0.25, 0.3) is 0 Å². The first-order valence-electron chi connectivity index (χ1n) is 9.68. The third kappa shape index (κ3) is 5.82. The van der Waals surface area contributed by atoms with Crippen molar-refractivity contribution in [3.8, 4) is 0 Å². The number of rotatable bonds is 5. The van der Waals surface area contributed by atoms with Crippen molar-refractivity contribution < 1.29 is 19.4 Å². The van der Waals surface area contributed by atoms with Crippen LogP contribution in [-0.4, -0.2) is 62.1 Å². The molecule has 3 rings (SSSR count). The van der Waals surface area contributed by atoms with Gasteiger partial charge < -0.3 is 25.4 Å². The SMILES string of the molecule is Cc1cc(Nc2ccn[nH]2)nc(N2C[C@H](NC(=O)OC(C)(C)C)C[C@H](C(=O)O)C2)n1. The van der Waals surface area contributed by atoms with Crippen molar-refractivity contribution in [2.45, 2.75) is 45.8 Å². The van der Waals surface area contributed by atoms with Crippen LogP contribution in [0.5, 0.6) is 0 Å². The van der Waals surface area contributed by atoms with Gasteiger partial charge in [-0.05, 0) is 34.1 Å². The minimum absolute atomic E-state index is 0.245. The van der Waals surface area contributed by atoms with E-state index in [1.165, 1.54) is 0 Å². The number of carbonyl (C=O) groups excluding carboxylic acids is 1. The van der Waals surface area contributed by atoms with E-state index < -0.39 is 29.6 Å². The summed E-state index contributed by atoms with van der Waals surface area (Å²) in [6, 6.07) is 3.13. The summed E-state index contributed by atoms with van der Waals surface area (Å²) in [6.45, 7) is 7.76. The van der Waals surface area contributed by atoms with Crippen LogP contribution in [0.4, 0.5) is 22.4 Å². The van der Waals surface area contributed by atoms with Gasteiger partial charge in [-0.2, -0.15) is 10.1 Å². The molecule has 2 atom stereocenters. The number of aliphatic carboxylic acids is 1. The van der Waals surface area contributed by atoms with Crippen LogP contribution in [0.3, 0.4) is 0 Å². The van der Waals surface area contributed by atoms with E-state index in [2.05, 4.69) is 30.8 Å². The zero-order valence-corrected chi connectivity index (χ0v) is 17.5. The number of nitrogens with zero attached hydrogens (tertiary/aromatic N) is 4. The molecule has 1 fully saturated rings. The molecule has 1 aliphatic heterocycles. The molecule has 4 N–H and O–H groups in total. The van der Waals surface area contributed by atoms with Gasteiger partial charge in [0.05, 0.1) is 18.2 Å². The van der Waals surface area contributed by atoms with Crippen LogP contribution in [0, 0.1) is 12.8 Å². The molecule has 162 valence electrons. The summed E-state index contributed by atoms with van der Waals surface area (Å²) in [4.78, 5) is 34.6. The Hall–Kier alpha value is -3.37. The molecule has 0 spiro atoms. The highest BCUT2D eigenvalue weighted by Crippen LogP contribution is 2.24. The maximum atomic E-state index is 12.2. The molecular weight excluding hydrogens is 390 g/mol. The van der Waals surface area contributed by atoms with Crippen molar-refractivity contribution in [3.05, 3.63) is 24.0 Å². The number of hydrogen-bond acceptors (Lipinski definition) is 8. The number of carbonyl (C=O) groups is 2. The van der Waals surface area contributed by atoms with Gasteiger partial charge in [-0.1, -0.05) is 0 Å². The van der Waals surface area contributed by atoms with Crippen LogP contribution < -0.4 is 15.5 Å². The van der Waals surface area contributed by atoms with Gasteiger partial charge in [0.2, 0.25) is 5.95 Å². The number of alkyl carbamates (subject to hydrolysis) is 1. The first kappa shape index (κ1) is 21.3. The molecule has 1 saturated heterocycles. The number of aryl methyl sites for hydroxylation is 1. The number of hydrogen-bond donors (Lipinski definition) is 4. The molecule has 0 aromatic carbocycles. The Morgan fingerprint density at radius 1 is 1.30 bits per heavy atom. The molecule has 0 radical (unpaired) electrons. The fourth-order valence-corrected chi connectivity index (χ4v) is 3.24. The van der Waals surface area contributed by atoms with Crippen molar-refractivity contribution in [1.82, 2.24) is 25.5 Å². The van der Waals surface area contributed by atoms with Gasteiger partial charge in [-0.15, -0.1) is 0 Å². The predicted molar refractivity (Wildman–Crippen MR) is 110 cm³/mol. The van der Waals surface area contributed by atoms with Crippen molar-refractivity contribution in [2.75, 3.05) is 23.3 Å². The Balaban J connectivity index is 1.78. The van der Waals surface area contributed by atoms with Crippen molar-refractivity contribution in [2.24, 2.45) is 5.92 Å². The van der Waals surface area contributed by atoms with Crippen LogP contribution in [-0.2, 0) is 9.53 Å². The largest absolute Gasteiger partial charge is 0.481 e. The number of ether oxygens (including phenoxy) is 1. The van der Waals surface area contributed by atoms with Gasteiger partial charge in [-0.3, -0.25) is 9.89 Å². The summed E-state index contributed by atoms with van der Waals surface area (Å²) in [7, 11) is 0. The Bertz CT molecular complexity index is 895. The highest BCUT2D eigenvalue weighted by molar-refractivity contribution is 5.72. The van der Waals surface area contributed by atoms with E-state index in [0.29, 0.717) is 30.5 Å². The second-order valence-electron chi connectivity index (χ2n) is 8.31. The lowest BCUT2D eigenvalue weighted by Crippen LogP contribution is -2.53. The van der Waals surface area contributed by atoms with E-state index in [1.54, 1.807) is 44.0 Å². The van der Waals surface area contributed by atoms with Gasteiger partial charge in [0.1, 0.15) is 17.2 Å². The Morgan fingerprint density at radius 3 is 2.70 bits per heavy atom.